The summed E-state index contributed by atoms with van der Waals surface area (Å²) in [4.78, 5) is 23.1. The number of hydrogen-bond donors (Lipinski definition) is 2. The number of halogens is 1. The molecule has 1 aliphatic heterocycles. The van der Waals surface area contributed by atoms with Crippen LogP contribution in [0.2, 0.25) is 0 Å². The summed E-state index contributed by atoms with van der Waals surface area (Å²) in [6.07, 6.45) is 1.53. The van der Waals surface area contributed by atoms with E-state index in [1.54, 1.807) is 12.3 Å². The van der Waals surface area contributed by atoms with Crippen LogP contribution >= 0.6 is 15.9 Å². The lowest BCUT2D eigenvalue weighted by molar-refractivity contribution is -0.123. The van der Waals surface area contributed by atoms with Crippen molar-refractivity contribution in [2.75, 3.05) is 10.6 Å². The van der Waals surface area contributed by atoms with E-state index in [4.69, 9.17) is 4.42 Å². The average Bonchev–Trinajstić information content (AvgIpc) is 2.79. The first-order valence-electron chi connectivity index (χ1n) is 6.45. The van der Waals surface area contributed by atoms with Crippen molar-refractivity contribution >= 4 is 39.1 Å². The van der Waals surface area contributed by atoms with Crippen molar-refractivity contribution in [3.63, 3.8) is 0 Å². The van der Waals surface area contributed by atoms with E-state index in [2.05, 4.69) is 26.6 Å². The quantitative estimate of drug-likeness (QED) is 0.645. The van der Waals surface area contributed by atoms with E-state index in [1.165, 1.54) is 0 Å². The molecule has 1 atom stereocenters. The van der Waals surface area contributed by atoms with Crippen LogP contribution < -0.4 is 10.6 Å². The van der Waals surface area contributed by atoms with Gasteiger partial charge in [0.05, 0.1) is 22.5 Å². The highest BCUT2D eigenvalue weighted by Gasteiger charge is 2.20. The third kappa shape index (κ3) is 2.85. The number of fused-ring (bicyclic) bond motifs is 1. The summed E-state index contributed by atoms with van der Waals surface area (Å²) in [5.74, 6) is 0.221. The largest absolute Gasteiger partial charge is 0.469 e. The number of rotatable bonds is 2. The van der Waals surface area contributed by atoms with Crippen LogP contribution in [-0.2, 0) is 9.59 Å². The van der Waals surface area contributed by atoms with E-state index in [0.717, 1.165) is 16.9 Å². The zero-order valence-corrected chi connectivity index (χ0v) is 12.9. The predicted octanol–water partition coefficient (Wildman–Crippen LogP) is 3.35. The van der Waals surface area contributed by atoms with Gasteiger partial charge in [-0.1, -0.05) is 22.0 Å². The maximum atomic E-state index is 11.6. The van der Waals surface area contributed by atoms with Gasteiger partial charge in [-0.05, 0) is 30.7 Å². The van der Waals surface area contributed by atoms with Gasteiger partial charge < -0.3 is 15.1 Å². The van der Waals surface area contributed by atoms with Crippen molar-refractivity contribution in [3.05, 3.63) is 47.4 Å². The van der Waals surface area contributed by atoms with E-state index in [-0.39, 0.29) is 23.1 Å². The molecule has 1 aromatic carbocycles. The lowest BCUT2D eigenvalue weighted by Gasteiger charge is -2.12. The first-order chi connectivity index (χ1) is 10.0. The smallest absolute Gasteiger partial charge is 0.233 e. The molecule has 108 valence electrons. The molecule has 0 fully saturated rings. The summed E-state index contributed by atoms with van der Waals surface area (Å²) in [7, 11) is 0. The van der Waals surface area contributed by atoms with Crippen LogP contribution in [0.5, 0.6) is 0 Å². The highest BCUT2D eigenvalue weighted by molar-refractivity contribution is 9.09. The fourth-order valence-corrected chi connectivity index (χ4v) is 2.78. The number of anilines is 2. The summed E-state index contributed by atoms with van der Waals surface area (Å²) < 4.78 is 5.31. The van der Waals surface area contributed by atoms with Gasteiger partial charge in [0.2, 0.25) is 11.8 Å². The summed E-state index contributed by atoms with van der Waals surface area (Å²) in [6, 6.07) is 7.49. The number of amides is 2. The molecular formula is C15H13BrN2O3. The zero-order chi connectivity index (χ0) is 15.0. The second-order valence-corrected chi connectivity index (χ2v) is 5.85. The lowest BCUT2D eigenvalue weighted by atomic mass is 10.1. The molecule has 1 unspecified atom stereocenters. The number of carbonyl (C=O) groups is 2. The Morgan fingerprint density at radius 1 is 1.10 bits per heavy atom. The van der Waals surface area contributed by atoms with Gasteiger partial charge in [0, 0.05) is 5.56 Å². The predicted molar refractivity (Wildman–Crippen MR) is 82.5 cm³/mol. The molecule has 0 saturated carbocycles. The lowest BCUT2D eigenvalue weighted by Crippen LogP contribution is -2.16. The number of nitrogens with one attached hydrogen (secondary N) is 2. The van der Waals surface area contributed by atoms with Crippen LogP contribution in [0.1, 0.15) is 28.1 Å². The molecule has 0 radical (unpaired) electrons. The standard InChI is InChI=1S/C15H13BrN2O3/c1-8-4-10(7-21-8)15(16)9-2-3-11-12(5-9)18-14(20)6-13(19)17-11/h2-5,7,15H,6H2,1H3,(H,17,19)(H,18,20). The molecule has 6 heteroatoms. The first-order valence-corrected chi connectivity index (χ1v) is 7.37. The number of hydrogen-bond acceptors (Lipinski definition) is 3. The van der Waals surface area contributed by atoms with Gasteiger partial charge in [0.1, 0.15) is 12.2 Å². The number of alkyl halides is 1. The zero-order valence-electron chi connectivity index (χ0n) is 11.3. The average molecular weight is 349 g/mol. The van der Waals surface area contributed by atoms with Crippen LogP contribution in [0, 0.1) is 6.92 Å². The summed E-state index contributed by atoms with van der Waals surface area (Å²) in [6.45, 7) is 1.88. The van der Waals surface area contributed by atoms with Gasteiger partial charge in [-0.15, -0.1) is 0 Å². The Balaban J connectivity index is 1.95. The van der Waals surface area contributed by atoms with E-state index in [9.17, 15) is 9.59 Å². The molecule has 2 amide bonds. The minimum Gasteiger partial charge on any atom is -0.469 e. The van der Waals surface area contributed by atoms with Crippen LogP contribution in [0.4, 0.5) is 11.4 Å². The third-order valence-electron chi connectivity index (χ3n) is 3.25. The van der Waals surface area contributed by atoms with E-state index in [1.807, 2.05) is 25.1 Å². The number of aryl methyl sites for hydroxylation is 1. The highest BCUT2D eigenvalue weighted by Crippen LogP contribution is 2.36. The molecule has 5 nitrogen and oxygen atoms in total. The van der Waals surface area contributed by atoms with Crippen molar-refractivity contribution < 1.29 is 14.0 Å². The first kappa shape index (κ1) is 13.9. The molecule has 2 N–H and O–H groups in total. The van der Waals surface area contributed by atoms with E-state index < -0.39 is 0 Å². The normalized spacial score (nSPS) is 15.7. The minimum atomic E-state index is -0.311. The maximum absolute atomic E-state index is 11.6. The second-order valence-electron chi connectivity index (χ2n) is 4.93. The van der Waals surface area contributed by atoms with Gasteiger partial charge in [-0.2, -0.15) is 0 Å². The molecule has 1 aliphatic rings. The number of carbonyl (C=O) groups excluding carboxylic acids is 2. The van der Waals surface area contributed by atoms with Gasteiger partial charge in [0.15, 0.2) is 0 Å². The molecule has 0 spiro atoms. The molecule has 0 saturated heterocycles. The van der Waals surface area contributed by atoms with Gasteiger partial charge in [-0.25, -0.2) is 0 Å². The molecule has 2 aromatic rings. The summed E-state index contributed by atoms with van der Waals surface area (Å²) in [5, 5.41) is 5.44. The van der Waals surface area contributed by atoms with E-state index >= 15 is 0 Å². The molecule has 0 bridgehead atoms. The maximum Gasteiger partial charge on any atom is 0.233 e. The Kier molecular flexibility index (Phi) is 3.55. The van der Waals surface area contributed by atoms with Gasteiger partial charge in [-0.3, -0.25) is 9.59 Å². The molecule has 2 heterocycles. The van der Waals surface area contributed by atoms with Crippen molar-refractivity contribution in [3.8, 4) is 0 Å². The molecule has 3 rings (SSSR count). The third-order valence-corrected chi connectivity index (χ3v) is 4.31. The van der Waals surface area contributed by atoms with Crippen LogP contribution in [0.15, 0.2) is 34.9 Å². The fourth-order valence-electron chi connectivity index (χ4n) is 2.26. The van der Waals surface area contributed by atoms with Gasteiger partial charge >= 0.3 is 0 Å². The summed E-state index contributed by atoms with van der Waals surface area (Å²) in [5.41, 5.74) is 3.17. The minimum absolute atomic E-state index is 0.0453. The fraction of sp³-hybridized carbons (Fsp3) is 0.200. The Morgan fingerprint density at radius 3 is 2.48 bits per heavy atom. The van der Waals surface area contributed by atoms with Crippen LogP contribution in [-0.4, -0.2) is 11.8 Å². The monoisotopic (exact) mass is 348 g/mol. The number of furan rings is 1. The van der Waals surface area contributed by atoms with Crippen molar-refractivity contribution in [1.29, 1.82) is 0 Å². The molecule has 1 aromatic heterocycles. The summed E-state index contributed by atoms with van der Waals surface area (Å²) >= 11 is 3.62. The number of benzene rings is 1. The Bertz CT molecular complexity index is 723. The highest BCUT2D eigenvalue weighted by atomic mass is 79.9. The van der Waals surface area contributed by atoms with Crippen LogP contribution in [0.25, 0.3) is 0 Å². The van der Waals surface area contributed by atoms with Crippen molar-refractivity contribution in [1.82, 2.24) is 0 Å². The van der Waals surface area contributed by atoms with Gasteiger partial charge in [0.25, 0.3) is 0 Å². The van der Waals surface area contributed by atoms with Crippen molar-refractivity contribution in [2.45, 2.75) is 18.2 Å². The SMILES string of the molecule is Cc1cc(C(Br)c2ccc3c(c2)NC(=O)CC(=O)N3)co1. The van der Waals surface area contributed by atoms with Crippen LogP contribution in [0.3, 0.4) is 0 Å². The Morgan fingerprint density at radius 2 is 1.81 bits per heavy atom. The molecule has 0 aliphatic carbocycles. The Hall–Kier alpha value is -2.08. The molecular weight excluding hydrogens is 336 g/mol. The molecule has 21 heavy (non-hydrogen) atoms. The van der Waals surface area contributed by atoms with E-state index in [0.29, 0.717) is 11.4 Å². The Labute approximate surface area is 129 Å². The van der Waals surface area contributed by atoms with Crippen molar-refractivity contribution in [2.24, 2.45) is 0 Å². The topological polar surface area (TPSA) is 71.3 Å². The second kappa shape index (κ2) is 5.37.